The van der Waals surface area contributed by atoms with Gasteiger partial charge in [0.1, 0.15) is 13.2 Å². The van der Waals surface area contributed by atoms with Gasteiger partial charge in [0.15, 0.2) is 11.5 Å². The van der Waals surface area contributed by atoms with Crippen LogP contribution in [0.1, 0.15) is 16.7 Å². The SMILES string of the molecule is COc1cc(/C=C2\SC(=O)N(CC(=O)N3CCOCC3)C2=O)cc(I)c1OCc1ccccc1C#N. The van der Waals surface area contributed by atoms with E-state index in [4.69, 9.17) is 14.2 Å². The molecule has 36 heavy (non-hydrogen) atoms. The highest BCUT2D eigenvalue weighted by molar-refractivity contribution is 14.1. The van der Waals surface area contributed by atoms with E-state index in [9.17, 15) is 19.6 Å². The second kappa shape index (κ2) is 11.8. The van der Waals surface area contributed by atoms with Gasteiger partial charge in [0.25, 0.3) is 11.1 Å². The number of nitrogens with zero attached hydrogens (tertiary/aromatic N) is 3. The smallest absolute Gasteiger partial charge is 0.294 e. The highest BCUT2D eigenvalue weighted by Crippen LogP contribution is 2.37. The third-order valence-electron chi connectivity index (χ3n) is 5.59. The summed E-state index contributed by atoms with van der Waals surface area (Å²) in [5.74, 6) is 0.170. The Hall–Kier alpha value is -3.08. The molecule has 2 saturated heterocycles. The average Bonchev–Trinajstić information content (AvgIpc) is 3.15. The molecule has 0 N–H and O–H groups in total. The van der Waals surface area contributed by atoms with Gasteiger partial charge in [-0.2, -0.15) is 5.26 Å². The van der Waals surface area contributed by atoms with E-state index >= 15 is 0 Å². The van der Waals surface area contributed by atoms with Crippen molar-refractivity contribution < 1.29 is 28.6 Å². The Bertz CT molecular complexity index is 1270. The molecule has 2 aliphatic heterocycles. The molecule has 2 fully saturated rings. The number of ether oxygens (including phenoxy) is 3. The van der Waals surface area contributed by atoms with Gasteiger partial charge >= 0.3 is 0 Å². The van der Waals surface area contributed by atoms with Gasteiger partial charge in [-0.05, 0) is 64.2 Å². The fourth-order valence-electron chi connectivity index (χ4n) is 3.70. The number of nitriles is 1. The summed E-state index contributed by atoms with van der Waals surface area (Å²) in [6.07, 6.45) is 1.60. The molecule has 3 amide bonds. The molecule has 2 aromatic carbocycles. The van der Waals surface area contributed by atoms with Crippen molar-refractivity contribution in [3.8, 4) is 17.6 Å². The van der Waals surface area contributed by atoms with E-state index in [1.54, 1.807) is 29.2 Å². The normalized spacial score (nSPS) is 16.9. The van der Waals surface area contributed by atoms with E-state index in [0.29, 0.717) is 48.9 Å². The van der Waals surface area contributed by atoms with Crippen LogP contribution in [0.4, 0.5) is 4.79 Å². The van der Waals surface area contributed by atoms with Gasteiger partial charge in [-0.15, -0.1) is 0 Å². The van der Waals surface area contributed by atoms with Crippen molar-refractivity contribution in [1.29, 1.82) is 5.26 Å². The van der Waals surface area contributed by atoms with E-state index in [-0.39, 0.29) is 24.0 Å². The van der Waals surface area contributed by atoms with Crippen LogP contribution in [0.25, 0.3) is 6.08 Å². The largest absolute Gasteiger partial charge is 0.493 e. The summed E-state index contributed by atoms with van der Waals surface area (Å²) in [6.45, 7) is 1.67. The molecule has 2 heterocycles. The topological polar surface area (TPSA) is 109 Å². The fourth-order valence-corrected chi connectivity index (χ4v) is 5.32. The summed E-state index contributed by atoms with van der Waals surface area (Å²) >= 11 is 2.91. The van der Waals surface area contributed by atoms with Crippen LogP contribution in [0.5, 0.6) is 11.5 Å². The van der Waals surface area contributed by atoms with Crippen molar-refractivity contribution in [2.45, 2.75) is 6.61 Å². The van der Waals surface area contributed by atoms with Gasteiger partial charge in [0.2, 0.25) is 5.91 Å². The standard InChI is InChI=1S/C25H22IN3O6S/c1-33-20-11-16(10-19(26)23(20)35-15-18-5-3-2-4-17(18)13-27)12-21-24(31)29(25(32)36-21)14-22(30)28-6-8-34-9-7-28/h2-5,10-12H,6-9,14-15H2,1H3/b21-12-. The first-order valence-corrected chi connectivity index (χ1v) is 12.9. The number of methoxy groups -OCH3 is 1. The molecule has 4 rings (SSSR count). The number of benzene rings is 2. The molecule has 2 aromatic rings. The number of amides is 3. The van der Waals surface area contributed by atoms with Gasteiger partial charge in [-0.25, -0.2) is 0 Å². The predicted molar refractivity (Wildman–Crippen MR) is 141 cm³/mol. The maximum atomic E-state index is 12.9. The molecular formula is C25H22IN3O6S. The third-order valence-corrected chi connectivity index (χ3v) is 7.30. The Morgan fingerprint density at radius 2 is 2.00 bits per heavy atom. The maximum Gasteiger partial charge on any atom is 0.294 e. The van der Waals surface area contributed by atoms with E-state index in [2.05, 4.69) is 28.7 Å². The molecule has 9 nitrogen and oxygen atoms in total. The molecule has 0 saturated carbocycles. The Balaban J connectivity index is 1.49. The van der Waals surface area contributed by atoms with Gasteiger partial charge in [0.05, 0.1) is 40.4 Å². The minimum atomic E-state index is -0.506. The molecule has 0 aromatic heterocycles. The molecule has 0 radical (unpaired) electrons. The average molecular weight is 619 g/mol. The molecule has 0 bridgehead atoms. The predicted octanol–water partition coefficient (Wildman–Crippen LogP) is 3.65. The summed E-state index contributed by atoms with van der Waals surface area (Å²) in [6, 6.07) is 12.9. The molecule has 0 atom stereocenters. The summed E-state index contributed by atoms with van der Waals surface area (Å²) in [5, 5.41) is 8.81. The van der Waals surface area contributed by atoms with Crippen molar-refractivity contribution >= 4 is 57.5 Å². The lowest BCUT2D eigenvalue weighted by molar-refractivity contribution is -0.139. The van der Waals surface area contributed by atoms with Crippen molar-refractivity contribution in [2.75, 3.05) is 40.0 Å². The van der Waals surface area contributed by atoms with Crippen molar-refractivity contribution in [3.63, 3.8) is 0 Å². The van der Waals surface area contributed by atoms with Crippen LogP contribution in [-0.4, -0.2) is 66.8 Å². The number of hydrogen-bond acceptors (Lipinski definition) is 8. The Labute approximate surface area is 226 Å². The molecule has 0 aliphatic carbocycles. The number of halogens is 1. The van der Waals surface area contributed by atoms with Crippen LogP contribution in [0.3, 0.4) is 0 Å². The number of hydrogen-bond donors (Lipinski definition) is 0. The molecule has 0 unspecified atom stereocenters. The fraction of sp³-hybridized carbons (Fsp3) is 0.280. The zero-order chi connectivity index (χ0) is 25.7. The number of carbonyl (C=O) groups excluding carboxylic acids is 3. The zero-order valence-electron chi connectivity index (χ0n) is 19.4. The van der Waals surface area contributed by atoms with Crippen LogP contribution in [0, 0.1) is 14.9 Å². The van der Waals surface area contributed by atoms with E-state index in [1.165, 1.54) is 7.11 Å². The first-order valence-electron chi connectivity index (χ1n) is 11.0. The number of rotatable bonds is 7. The quantitative estimate of drug-likeness (QED) is 0.342. The van der Waals surface area contributed by atoms with E-state index < -0.39 is 11.1 Å². The first kappa shape index (κ1) is 26.0. The number of thioether (sulfide) groups is 1. The van der Waals surface area contributed by atoms with Gasteiger partial charge in [-0.1, -0.05) is 18.2 Å². The second-order valence-corrected chi connectivity index (χ2v) is 10.0. The molecule has 0 spiro atoms. The zero-order valence-corrected chi connectivity index (χ0v) is 22.3. The highest BCUT2D eigenvalue weighted by atomic mass is 127. The first-order chi connectivity index (χ1) is 17.4. The maximum absolute atomic E-state index is 12.9. The minimum Gasteiger partial charge on any atom is -0.493 e. The number of imide groups is 1. The van der Waals surface area contributed by atoms with Gasteiger partial charge in [-0.3, -0.25) is 19.3 Å². The monoisotopic (exact) mass is 619 g/mol. The van der Waals surface area contributed by atoms with Gasteiger partial charge < -0.3 is 19.1 Å². The molecule has 2 aliphatic rings. The lowest BCUT2D eigenvalue weighted by atomic mass is 10.1. The van der Waals surface area contributed by atoms with Crippen LogP contribution >= 0.6 is 34.4 Å². The van der Waals surface area contributed by atoms with Crippen LogP contribution in [0.2, 0.25) is 0 Å². The lowest BCUT2D eigenvalue weighted by Crippen LogP contribution is -2.46. The highest BCUT2D eigenvalue weighted by Gasteiger charge is 2.37. The number of carbonyl (C=O) groups is 3. The summed E-state index contributed by atoms with van der Waals surface area (Å²) in [7, 11) is 1.51. The summed E-state index contributed by atoms with van der Waals surface area (Å²) in [5.41, 5.74) is 1.93. The van der Waals surface area contributed by atoms with Crippen LogP contribution in [-0.2, 0) is 20.9 Å². The van der Waals surface area contributed by atoms with E-state index in [1.807, 2.05) is 18.2 Å². The van der Waals surface area contributed by atoms with Crippen LogP contribution in [0.15, 0.2) is 41.3 Å². The number of morpholine rings is 1. The van der Waals surface area contributed by atoms with Crippen molar-refractivity contribution in [3.05, 3.63) is 61.6 Å². The minimum absolute atomic E-state index is 0.186. The Morgan fingerprint density at radius 1 is 1.25 bits per heavy atom. The van der Waals surface area contributed by atoms with E-state index in [0.717, 1.165) is 25.8 Å². The second-order valence-electron chi connectivity index (χ2n) is 7.85. The lowest BCUT2D eigenvalue weighted by Gasteiger charge is -2.28. The Morgan fingerprint density at radius 3 is 2.72 bits per heavy atom. The van der Waals surface area contributed by atoms with Crippen LogP contribution < -0.4 is 9.47 Å². The van der Waals surface area contributed by atoms with Gasteiger partial charge in [0, 0.05) is 18.7 Å². The summed E-state index contributed by atoms with van der Waals surface area (Å²) < 4.78 is 17.5. The molecule has 186 valence electrons. The van der Waals surface area contributed by atoms with Crippen molar-refractivity contribution in [1.82, 2.24) is 9.80 Å². The Kier molecular flexibility index (Phi) is 8.50. The molecule has 11 heteroatoms. The third kappa shape index (κ3) is 5.83. The van der Waals surface area contributed by atoms with Crippen molar-refractivity contribution in [2.24, 2.45) is 0 Å². The molecular weight excluding hydrogens is 597 g/mol. The summed E-state index contributed by atoms with van der Waals surface area (Å²) in [4.78, 5) is 40.7.